The SMILES string of the molecule is O=C(O)c1cc(-c2cccc(COc3ccc4c(c3)CN(Cc3ccncc3)C4=O)c2)ccc1Cl. The zero-order chi connectivity index (χ0) is 24.4. The summed E-state index contributed by atoms with van der Waals surface area (Å²) >= 11 is 6.00. The third-order valence-electron chi connectivity index (χ3n) is 5.94. The highest BCUT2D eigenvalue weighted by Gasteiger charge is 2.27. The molecule has 0 fully saturated rings. The summed E-state index contributed by atoms with van der Waals surface area (Å²) in [5.74, 6) is -0.363. The van der Waals surface area contributed by atoms with Crippen LogP contribution in [0.15, 0.2) is 85.2 Å². The molecule has 1 N–H and O–H groups in total. The Bertz CT molecular complexity index is 1420. The number of carbonyl (C=O) groups excluding carboxylic acids is 1. The Kier molecular flexibility index (Phi) is 6.21. The molecule has 1 aromatic heterocycles. The standard InChI is InChI=1S/C28H21ClN2O4/c29-26-7-4-21(14-25(26)28(33)34)20-3-1-2-19(12-20)17-35-23-5-6-24-22(13-23)16-31(27(24)32)15-18-8-10-30-11-9-18/h1-14H,15-17H2,(H,33,34). The smallest absolute Gasteiger partial charge is 0.337 e. The number of halogens is 1. The molecule has 1 aliphatic heterocycles. The number of aromatic nitrogens is 1. The second-order valence-electron chi connectivity index (χ2n) is 8.32. The van der Waals surface area contributed by atoms with Crippen LogP contribution in [-0.2, 0) is 19.7 Å². The average molecular weight is 485 g/mol. The van der Waals surface area contributed by atoms with Crippen LogP contribution in [0.3, 0.4) is 0 Å². The van der Waals surface area contributed by atoms with Crippen LogP contribution in [0.4, 0.5) is 0 Å². The van der Waals surface area contributed by atoms with E-state index in [9.17, 15) is 14.7 Å². The van der Waals surface area contributed by atoms with E-state index in [2.05, 4.69) is 4.98 Å². The van der Waals surface area contributed by atoms with Gasteiger partial charge in [-0.1, -0.05) is 35.9 Å². The molecule has 5 rings (SSSR count). The Balaban J connectivity index is 1.28. The number of hydrogen-bond acceptors (Lipinski definition) is 4. The molecule has 1 amide bonds. The van der Waals surface area contributed by atoms with Gasteiger partial charge in [-0.3, -0.25) is 9.78 Å². The van der Waals surface area contributed by atoms with E-state index < -0.39 is 5.97 Å². The van der Waals surface area contributed by atoms with E-state index in [1.165, 1.54) is 0 Å². The highest BCUT2D eigenvalue weighted by atomic mass is 35.5. The maximum absolute atomic E-state index is 12.8. The third-order valence-corrected chi connectivity index (χ3v) is 6.27. The molecule has 174 valence electrons. The van der Waals surface area contributed by atoms with Gasteiger partial charge in [0.2, 0.25) is 0 Å². The van der Waals surface area contributed by atoms with Gasteiger partial charge in [-0.15, -0.1) is 0 Å². The van der Waals surface area contributed by atoms with Crippen LogP contribution in [0.5, 0.6) is 5.75 Å². The summed E-state index contributed by atoms with van der Waals surface area (Å²) in [4.78, 5) is 30.0. The van der Waals surface area contributed by atoms with E-state index in [1.807, 2.05) is 59.5 Å². The lowest BCUT2D eigenvalue weighted by Gasteiger charge is -2.15. The Labute approximate surface area is 207 Å². The van der Waals surface area contributed by atoms with Gasteiger partial charge in [0.25, 0.3) is 5.91 Å². The number of nitrogens with zero attached hydrogens (tertiary/aromatic N) is 2. The van der Waals surface area contributed by atoms with Gasteiger partial charge in [-0.05, 0) is 76.3 Å². The van der Waals surface area contributed by atoms with Crippen LogP contribution in [-0.4, -0.2) is 26.9 Å². The van der Waals surface area contributed by atoms with Crippen molar-refractivity contribution >= 4 is 23.5 Å². The van der Waals surface area contributed by atoms with Gasteiger partial charge >= 0.3 is 5.97 Å². The van der Waals surface area contributed by atoms with Crippen LogP contribution >= 0.6 is 11.6 Å². The summed E-state index contributed by atoms with van der Waals surface area (Å²) in [6.45, 7) is 1.40. The van der Waals surface area contributed by atoms with Gasteiger partial charge < -0.3 is 14.7 Å². The molecule has 1 aliphatic rings. The van der Waals surface area contributed by atoms with Gasteiger partial charge in [0, 0.05) is 31.0 Å². The number of carbonyl (C=O) groups is 2. The van der Waals surface area contributed by atoms with E-state index in [0.29, 0.717) is 31.0 Å². The molecular weight excluding hydrogens is 464 g/mol. The van der Waals surface area contributed by atoms with Gasteiger partial charge in [-0.2, -0.15) is 0 Å². The van der Waals surface area contributed by atoms with Crippen LogP contribution in [0, 0.1) is 0 Å². The first-order chi connectivity index (χ1) is 17.0. The Hall–Kier alpha value is -4.16. The van der Waals surface area contributed by atoms with Crippen LogP contribution < -0.4 is 4.74 Å². The van der Waals surface area contributed by atoms with Gasteiger partial charge in [0.05, 0.1) is 10.6 Å². The quantitative estimate of drug-likeness (QED) is 0.356. The van der Waals surface area contributed by atoms with E-state index in [1.54, 1.807) is 30.6 Å². The molecule has 0 radical (unpaired) electrons. The van der Waals surface area contributed by atoms with E-state index in [-0.39, 0.29) is 16.5 Å². The van der Waals surface area contributed by atoms with Crippen LogP contribution in [0.25, 0.3) is 11.1 Å². The van der Waals surface area contributed by atoms with Crippen molar-refractivity contribution in [3.8, 4) is 16.9 Å². The minimum absolute atomic E-state index is 0.0137. The Morgan fingerprint density at radius 3 is 2.57 bits per heavy atom. The molecule has 4 aromatic rings. The predicted molar refractivity (Wildman–Crippen MR) is 132 cm³/mol. The largest absolute Gasteiger partial charge is 0.489 e. The number of ether oxygens (including phenoxy) is 1. The molecule has 0 aliphatic carbocycles. The second kappa shape index (κ2) is 9.60. The van der Waals surface area contributed by atoms with Crippen molar-refractivity contribution in [1.29, 1.82) is 0 Å². The van der Waals surface area contributed by atoms with Crippen molar-refractivity contribution in [1.82, 2.24) is 9.88 Å². The van der Waals surface area contributed by atoms with E-state index in [0.717, 1.165) is 27.8 Å². The predicted octanol–water partition coefficient (Wildman–Crippen LogP) is 5.84. The summed E-state index contributed by atoms with van der Waals surface area (Å²) in [5, 5.41) is 9.55. The molecule has 0 bridgehead atoms. The number of pyridine rings is 1. The zero-order valence-corrected chi connectivity index (χ0v) is 19.4. The number of hydrogen-bond donors (Lipinski definition) is 1. The molecule has 7 heteroatoms. The molecule has 0 spiro atoms. The maximum Gasteiger partial charge on any atom is 0.337 e. The molecule has 3 aromatic carbocycles. The molecule has 0 atom stereocenters. The fourth-order valence-electron chi connectivity index (χ4n) is 4.16. The minimum atomic E-state index is -1.06. The lowest BCUT2D eigenvalue weighted by molar-refractivity contribution is 0.0696. The topological polar surface area (TPSA) is 79.7 Å². The van der Waals surface area contributed by atoms with Crippen molar-refractivity contribution < 1.29 is 19.4 Å². The Morgan fingerprint density at radius 1 is 0.971 bits per heavy atom. The first-order valence-electron chi connectivity index (χ1n) is 11.0. The molecular formula is C28H21ClN2O4. The summed E-state index contributed by atoms with van der Waals surface area (Å²) in [6, 6.07) is 22.0. The lowest BCUT2D eigenvalue weighted by atomic mass is 10.0. The van der Waals surface area contributed by atoms with Gasteiger partial charge in [-0.25, -0.2) is 4.79 Å². The average Bonchev–Trinajstić information content (AvgIpc) is 3.18. The summed E-state index contributed by atoms with van der Waals surface area (Å²) in [6.07, 6.45) is 3.45. The normalized spacial score (nSPS) is 12.5. The van der Waals surface area contributed by atoms with Gasteiger partial charge in [0.15, 0.2) is 0 Å². The van der Waals surface area contributed by atoms with Crippen molar-refractivity contribution in [3.63, 3.8) is 0 Å². The number of rotatable bonds is 7. The number of benzene rings is 3. The number of fused-ring (bicyclic) bond motifs is 1. The first-order valence-corrected chi connectivity index (χ1v) is 11.4. The first kappa shape index (κ1) is 22.6. The number of carboxylic acid groups (broad SMARTS) is 1. The third kappa shape index (κ3) is 4.88. The van der Waals surface area contributed by atoms with Crippen LogP contribution in [0.2, 0.25) is 5.02 Å². The molecule has 6 nitrogen and oxygen atoms in total. The summed E-state index contributed by atoms with van der Waals surface area (Å²) in [5.41, 5.74) is 5.31. The molecule has 0 saturated carbocycles. The van der Waals surface area contributed by atoms with Gasteiger partial charge in [0.1, 0.15) is 12.4 Å². The number of aromatic carboxylic acids is 1. The lowest BCUT2D eigenvalue weighted by Crippen LogP contribution is -2.23. The fraction of sp³-hybridized carbons (Fsp3) is 0.107. The maximum atomic E-state index is 12.8. The van der Waals surface area contributed by atoms with E-state index >= 15 is 0 Å². The summed E-state index contributed by atoms with van der Waals surface area (Å²) < 4.78 is 6.02. The Morgan fingerprint density at radius 2 is 1.77 bits per heavy atom. The highest BCUT2D eigenvalue weighted by molar-refractivity contribution is 6.33. The summed E-state index contributed by atoms with van der Waals surface area (Å²) in [7, 11) is 0. The minimum Gasteiger partial charge on any atom is -0.489 e. The molecule has 35 heavy (non-hydrogen) atoms. The van der Waals surface area contributed by atoms with Crippen molar-refractivity contribution in [2.45, 2.75) is 19.7 Å². The molecule has 0 unspecified atom stereocenters. The number of amides is 1. The fourth-order valence-corrected chi connectivity index (χ4v) is 4.36. The second-order valence-corrected chi connectivity index (χ2v) is 8.73. The van der Waals surface area contributed by atoms with Crippen molar-refractivity contribution in [2.75, 3.05) is 0 Å². The van der Waals surface area contributed by atoms with Crippen molar-refractivity contribution in [2.24, 2.45) is 0 Å². The van der Waals surface area contributed by atoms with Crippen LogP contribution in [0.1, 0.15) is 37.4 Å². The monoisotopic (exact) mass is 484 g/mol. The van der Waals surface area contributed by atoms with E-state index in [4.69, 9.17) is 16.3 Å². The van der Waals surface area contributed by atoms with Crippen molar-refractivity contribution in [3.05, 3.63) is 118 Å². The zero-order valence-electron chi connectivity index (χ0n) is 18.6. The highest BCUT2D eigenvalue weighted by Crippen LogP contribution is 2.29. The number of carboxylic acids is 1. The molecule has 2 heterocycles. The molecule has 0 saturated heterocycles.